The van der Waals surface area contributed by atoms with Gasteiger partial charge in [-0.1, -0.05) is 29.8 Å². The highest BCUT2D eigenvalue weighted by Crippen LogP contribution is 2.32. The minimum Gasteiger partial charge on any atom is -0.493 e. The number of amides is 1. The molecule has 1 amide bonds. The van der Waals surface area contributed by atoms with Crippen LogP contribution in [0.25, 0.3) is 11.0 Å². The molecule has 124 valence electrons. The lowest BCUT2D eigenvalue weighted by Crippen LogP contribution is -2.15. The van der Waals surface area contributed by atoms with Crippen LogP contribution in [0.15, 0.2) is 52.9 Å². The van der Waals surface area contributed by atoms with E-state index in [0.29, 0.717) is 27.8 Å². The summed E-state index contributed by atoms with van der Waals surface area (Å²) in [5.41, 5.74) is 1.19. The summed E-state index contributed by atoms with van der Waals surface area (Å²) in [7, 11) is 1.58. The van der Waals surface area contributed by atoms with Crippen LogP contribution in [0.1, 0.15) is 18.8 Å². The maximum atomic E-state index is 12.0. The molecule has 0 bridgehead atoms. The van der Waals surface area contributed by atoms with Crippen molar-refractivity contribution in [2.75, 3.05) is 12.4 Å². The van der Waals surface area contributed by atoms with Gasteiger partial charge in [0.2, 0.25) is 0 Å². The van der Waals surface area contributed by atoms with Crippen molar-refractivity contribution in [2.45, 2.75) is 13.0 Å². The van der Waals surface area contributed by atoms with Crippen molar-refractivity contribution in [3.8, 4) is 5.75 Å². The molecule has 0 saturated carbocycles. The van der Waals surface area contributed by atoms with Crippen molar-refractivity contribution in [1.29, 1.82) is 0 Å². The normalized spacial score (nSPS) is 12.0. The van der Waals surface area contributed by atoms with Crippen LogP contribution in [0.3, 0.4) is 0 Å². The van der Waals surface area contributed by atoms with Gasteiger partial charge in [-0.25, -0.2) is 4.79 Å². The van der Waals surface area contributed by atoms with E-state index in [1.807, 2.05) is 24.3 Å². The maximum Gasteiger partial charge on any atom is 0.412 e. The highest BCUT2D eigenvalue weighted by atomic mass is 35.5. The van der Waals surface area contributed by atoms with Gasteiger partial charge in [0.05, 0.1) is 7.11 Å². The average molecular weight is 346 g/mol. The zero-order valence-corrected chi connectivity index (χ0v) is 14.0. The van der Waals surface area contributed by atoms with E-state index in [2.05, 4.69) is 5.32 Å². The topological polar surface area (TPSA) is 60.7 Å². The number of anilines is 1. The summed E-state index contributed by atoms with van der Waals surface area (Å²) in [6, 6.07) is 14.3. The van der Waals surface area contributed by atoms with Crippen molar-refractivity contribution in [2.24, 2.45) is 0 Å². The molecular formula is C18H16ClNO4. The second kappa shape index (κ2) is 6.84. The van der Waals surface area contributed by atoms with Crippen LogP contribution in [-0.2, 0) is 4.74 Å². The first-order valence-corrected chi connectivity index (χ1v) is 7.74. The summed E-state index contributed by atoms with van der Waals surface area (Å²) in [6.45, 7) is 1.74. The largest absolute Gasteiger partial charge is 0.493 e. The standard InChI is InChI=1S/C18H16ClNO4/c1-11(23-18(21)20-14-7-4-6-13(19)10-14)16-9-12-5-3-8-15(22-2)17(12)24-16/h3-11H,1-2H3,(H,20,21). The quantitative estimate of drug-likeness (QED) is 0.687. The molecule has 5 nitrogen and oxygen atoms in total. The van der Waals surface area contributed by atoms with Gasteiger partial charge >= 0.3 is 6.09 Å². The minimum atomic E-state index is -0.586. The van der Waals surface area contributed by atoms with Gasteiger partial charge in [-0.2, -0.15) is 0 Å². The van der Waals surface area contributed by atoms with Crippen molar-refractivity contribution in [1.82, 2.24) is 0 Å². The van der Waals surface area contributed by atoms with Crippen molar-refractivity contribution in [3.63, 3.8) is 0 Å². The third-order valence-corrected chi connectivity index (χ3v) is 3.74. The molecule has 0 saturated heterocycles. The molecule has 24 heavy (non-hydrogen) atoms. The number of carbonyl (C=O) groups is 1. The van der Waals surface area contributed by atoms with E-state index >= 15 is 0 Å². The third-order valence-electron chi connectivity index (χ3n) is 3.50. The maximum absolute atomic E-state index is 12.0. The number of furan rings is 1. The SMILES string of the molecule is COc1cccc2cc(C(C)OC(=O)Nc3cccc(Cl)c3)oc12. The van der Waals surface area contributed by atoms with Gasteiger partial charge in [-0.05, 0) is 37.3 Å². The number of methoxy groups -OCH3 is 1. The number of hydrogen-bond donors (Lipinski definition) is 1. The van der Waals surface area contributed by atoms with Crippen LogP contribution >= 0.6 is 11.6 Å². The second-order valence-electron chi connectivity index (χ2n) is 5.21. The summed E-state index contributed by atoms with van der Waals surface area (Å²) in [4.78, 5) is 12.0. The van der Waals surface area contributed by atoms with E-state index in [4.69, 9.17) is 25.5 Å². The van der Waals surface area contributed by atoms with Gasteiger partial charge in [-0.3, -0.25) is 5.32 Å². The Morgan fingerprint density at radius 3 is 2.75 bits per heavy atom. The average Bonchev–Trinajstić information content (AvgIpc) is 2.99. The monoisotopic (exact) mass is 345 g/mol. The Bertz CT molecular complexity index is 874. The molecule has 0 radical (unpaired) electrons. The molecule has 6 heteroatoms. The fraction of sp³-hybridized carbons (Fsp3) is 0.167. The summed E-state index contributed by atoms with van der Waals surface area (Å²) < 4.78 is 16.4. The molecule has 3 aromatic rings. The molecule has 0 spiro atoms. The smallest absolute Gasteiger partial charge is 0.412 e. The van der Waals surface area contributed by atoms with Crippen LogP contribution in [0.2, 0.25) is 5.02 Å². The summed E-state index contributed by atoms with van der Waals surface area (Å²) in [5, 5.41) is 4.04. The van der Waals surface area contributed by atoms with Gasteiger partial charge in [0, 0.05) is 16.1 Å². The van der Waals surface area contributed by atoms with Crippen LogP contribution in [0, 0.1) is 0 Å². The molecule has 0 fully saturated rings. The number of rotatable bonds is 4. The highest BCUT2D eigenvalue weighted by Gasteiger charge is 2.18. The fourth-order valence-corrected chi connectivity index (χ4v) is 2.54. The Morgan fingerprint density at radius 2 is 2.00 bits per heavy atom. The molecule has 1 atom stereocenters. The van der Waals surface area contributed by atoms with Gasteiger partial charge in [0.15, 0.2) is 17.4 Å². The number of fused-ring (bicyclic) bond motifs is 1. The Balaban J connectivity index is 1.72. The lowest BCUT2D eigenvalue weighted by atomic mass is 10.2. The van der Waals surface area contributed by atoms with Gasteiger partial charge < -0.3 is 13.9 Å². The van der Waals surface area contributed by atoms with Gasteiger partial charge in [0.1, 0.15) is 5.76 Å². The summed E-state index contributed by atoms with van der Waals surface area (Å²) in [5.74, 6) is 1.17. The zero-order valence-electron chi connectivity index (χ0n) is 13.2. The number of carbonyl (C=O) groups excluding carboxylic acids is 1. The van der Waals surface area contributed by atoms with Gasteiger partial charge in [0.25, 0.3) is 0 Å². The third kappa shape index (κ3) is 3.46. The number of para-hydroxylation sites is 1. The summed E-state index contributed by atoms with van der Waals surface area (Å²) in [6.07, 6.45) is -1.14. The number of hydrogen-bond acceptors (Lipinski definition) is 4. The van der Waals surface area contributed by atoms with E-state index in [1.165, 1.54) is 0 Å². The Hall–Kier alpha value is -2.66. The molecular weight excluding hydrogens is 330 g/mol. The van der Waals surface area contributed by atoms with E-state index in [0.717, 1.165) is 5.39 Å². The molecule has 1 heterocycles. The van der Waals surface area contributed by atoms with Crippen LogP contribution < -0.4 is 10.1 Å². The first-order chi connectivity index (χ1) is 11.6. The molecule has 0 aliphatic carbocycles. The van der Waals surface area contributed by atoms with Crippen molar-refractivity contribution in [3.05, 3.63) is 59.3 Å². The van der Waals surface area contributed by atoms with Gasteiger partial charge in [-0.15, -0.1) is 0 Å². The lowest BCUT2D eigenvalue weighted by Gasteiger charge is -2.12. The van der Waals surface area contributed by atoms with Crippen molar-refractivity contribution < 1.29 is 18.7 Å². The zero-order chi connectivity index (χ0) is 17.1. The van der Waals surface area contributed by atoms with E-state index in [9.17, 15) is 4.79 Å². The molecule has 0 aliphatic rings. The molecule has 0 aliphatic heterocycles. The number of ether oxygens (including phenoxy) is 2. The van der Waals surface area contributed by atoms with Crippen molar-refractivity contribution >= 4 is 34.4 Å². The molecule has 2 aromatic carbocycles. The van der Waals surface area contributed by atoms with E-state index in [-0.39, 0.29) is 0 Å². The first-order valence-electron chi connectivity index (χ1n) is 7.36. The number of benzene rings is 2. The van der Waals surface area contributed by atoms with Crippen LogP contribution in [0.4, 0.5) is 10.5 Å². The minimum absolute atomic E-state index is 0.533. The molecule has 1 aromatic heterocycles. The Kier molecular flexibility index (Phi) is 4.62. The number of nitrogens with one attached hydrogen (secondary N) is 1. The van der Waals surface area contributed by atoms with E-state index in [1.54, 1.807) is 38.3 Å². The highest BCUT2D eigenvalue weighted by molar-refractivity contribution is 6.30. The molecule has 3 rings (SSSR count). The Morgan fingerprint density at radius 1 is 1.21 bits per heavy atom. The molecule has 1 unspecified atom stereocenters. The van der Waals surface area contributed by atoms with Crippen LogP contribution in [-0.4, -0.2) is 13.2 Å². The Labute approximate surface area is 144 Å². The lowest BCUT2D eigenvalue weighted by molar-refractivity contribution is 0.109. The first kappa shape index (κ1) is 16.2. The fourth-order valence-electron chi connectivity index (χ4n) is 2.35. The second-order valence-corrected chi connectivity index (χ2v) is 5.65. The number of halogens is 1. The summed E-state index contributed by atoms with van der Waals surface area (Å²) >= 11 is 5.88. The van der Waals surface area contributed by atoms with E-state index < -0.39 is 12.2 Å². The predicted octanol–water partition coefficient (Wildman–Crippen LogP) is 5.40. The predicted molar refractivity (Wildman–Crippen MR) is 92.7 cm³/mol. The molecule has 1 N–H and O–H groups in total. The van der Waals surface area contributed by atoms with Crippen LogP contribution in [0.5, 0.6) is 5.75 Å².